The highest BCUT2D eigenvalue weighted by atomic mass is 16.4. The molecule has 2 rings (SSSR count). The van der Waals surface area contributed by atoms with Gasteiger partial charge in [0.25, 0.3) is 0 Å². The number of nitrogens with one attached hydrogen (secondary N) is 1. The minimum Gasteiger partial charge on any atom is -0.480 e. The van der Waals surface area contributed by atoms with Gasteiger partial charge in [0.1, 0.15) is 6.04 Å². The molecule has 2 atom stereocenters. The van der Waals surface area contributed by atoms with Gasteiger partial charge in [0.15, 0.2) is 0 Å². The van der Waals surface area contributed by atoms with Crippen molar-refractivity contribution in [2.45, 2.75) is 25.9 Å². The van der Waals surface area contributed by atoms with E-state index in [0.717, 1.165) is 16.7 Å². The molecule has 0 saturated carbocycles. The van der Waals surface area contributed by atoms with E-state index in [4.69, 9.17) is 0 Å². The van der Waals surface area contributed by atoms with Gasteiger partial charge in [-0.05, 0) is 30.5 Å². The molecule has 0 aliphatic rings. The summed E-state index contributed by atoms with van der Waals surface area (Å²) >= 11 is 0. The highest BCUT2D eigenvalue weighted by Crippen LogP contribution is 2.22. The van der Waals surface area contributed by atoms with Crippen molar-refractivity contribution in [3.63, 3.8) is 0 Å². The van der Waals surface area contributed by atoms with Crippen LogP contribution in [0.4, 0.5) is 0 Å². The van der Waals surface area contributed by atoms with E-state index < -0.39 is 12.0 Å². The molecule has 2 aromatic rings. The molecule has 0 bridgehead atoms. The molecule has 0 spiro atoms. The molecular weight excluding hydrogens is 250 g/mol. The van der Waals surface area contributed by atoms with Crippen LogP contribution in [0.25, 0.3) is 0 Å². The molecule has 20 heavy (non-hydrogen) atoms. The highest BCUT2D eigenvalue weighted by molar-refractivity contribution is 5.75. The van der Waals surface area contributed by atoms with Crippen LogP contribution in [0.1, 0.15) is 35.7 Å². The average Bonchev–Trinajstić information content (AvgIpc) is 2.45. The Balaban J connectivity index is 2.21. The average molecular weight is 269 g/mol. The first-order valence-electron chi connectivity index (χ1n) is 6.69. The summed E-state index contributed by atoms with van der Waals surface area (Å²) in [6.45, 7) is 4.02. The lowest BCUT2D eigenvalue weighted by molar-refractivity contribution is -0.139. The lowest BCUT2D eigenvalue weighted by atomic mass is 10.00. The Hall–Kier alpha value is -2.13. The van der Waals surface area contributed by atoms with Crippen molar-refractivity contribution >= 4 is 5.97 Å². The molecule has 2 aromatic carbocycles. The normalized spacial score (nSPS) is 13.7. The van der Waals surface area contributed by atoms with Gasteiger partial charge in [-0.1, -0.05) is 54.6 Å². The largest absolute Gasteiger partial charge is 0.480 e. The summed E-state index contributed by atoms with van der Waals surface area (Å²) in [6, 6.07) is 16.5. The summed E-state index contributed by atoms with van der Waals surface area (Å²) in [7, 11) is 0. The molecule has 0 aliphatic carbocycles. The zero-order valence-corrected chi connectivity index (χ0v) is 11.7. The van der Waals surface area contributed by atoms with Gasteiger partial charge >= 0.3 is 5.97 Å². The lowest BCUT2D eigenvalue weighted by Gasteiger charge is -2.22. The number of carboxylic acids is 1. The van der Waals surface area contributed by atoms with Crippen LogP contribution in [0.2, 0.25) is 0 Å². The molecule has 0 heterocycles. The Labute approximate surface area is 119 Å². The standard InChI is InChI=1S/C17H19NO2/c1-12-8-6-7-11-15(12)13(2)18-16(17(19)20)14-9-4-3-5-10-14/h3-11,13,16,18H,1-2H3,(H,19,20)/t13-,16?/m1/s1. The van der Waals surface area contributed by atoms with E-state index in [1.165, 1.54) is 0 Å². The predicted octanol–water partition coefficient (Wildman–Crippen LogP) is 3.47. The topological polar surface area (TPSA) is 49.3 Å². The van der Waals surface area contributed by atoms with E-state index in [9.17, 15) is 9.90 Å². The van der Waals surface area contributed by atoms with Crippen molar-refractivity contribution in [3.8, 4) is 0 Å². The fraction of sp³-hybridized carbons (Fsp3) is 0.235. The summed E-state index contributed by atoms with van der Waals surface area (Å²) in [6.07, 6.45) is 0. The number of aryl methyl sites for hydroxylation is 1. The quantitative estimate of drug-likeness (QED) is 0.873. The van der Waals surface area contributed by atoms with E-state index >= 15 is 0 Å². The third kappa shape index (κ3) is 3.25. The summed E-state index contributed by atoms with van der Waals surface area (Å²) in [5.41, 5.74) is 3.04. The van der Waals surface area contributed by atoms with Gasteiger partial charge < -0.3 is 5.11 Å². The third-order valence-corrected chi connectivity index (χ3v) is 3.45. The van der Waals surface area contributed by atoms with E-state index in [2.05, 4.69) is 5.32 Å². The van der Waals surface area contributed by atoms with Crippen LogP contribution in [-0.4, -0.2) is 11.1 Å². The van der Waals surface area contributed by atoms with E-state index in [1.807, 2.05) is 68.4 Å². The monoisotopic (exact) mass is 269 g/mol. The Morgan fingerprint density at radius 3 is 2.25 bits per heavy atom. The number of benzene rings is 2. The van der Waals surface area contributed by atoms with Crippen LogP contribution >= 0.6 is 0 Å². The molecule has 0 aromatic heterocycles. The minimum absolute atomic E-state index is 0.0301. The third-order valence-electron chi connectivity index (χ3n) is 3.45. The number of hydrogen-bond donors (Lipinski definition) is 2. The van der Waals surface area contributed by atoms with Crippen LogP contribution in [-0.2, 0) is 4.79 Å². The number of hydrogen-bond acceptors (Lipinski definition) is 2. The van der Waals surface area contributed by atoms with E-state index in [1.54, 1.807) is 0 Å². The van der Waals surface area contributed by atoms with Crippen molar-refractivity contribution in [1.29, 1.82) is 0 Å². The Morgan fingerprint density at radius 2 is 1.65 bits per heavy atom. The molecule has 104 valence electrons. The molecule has 3 nitrogen and oxygen atoms in total. The minimum atomic E-state index is -0.864. The molecular formula is C17H19NO2. The number of aliphatic carboxylic acids is 1. The first kappa shape index (κ1) is 14.3. The molecule has 0 fully saturated rings. The molecule has 1 unspecified atom stereocenters. The first-order chi connectivity index (χ1) is 9.59. The molecule has 2 N–H and O–H groups in total. The van der Waals surface area contributed by atoms with Crippen molar-refractivity contribution in [1.82, 2.24) is 5.32 Å². The second-order valence-electron chi connectivity index (χ2n) is 4.93. The Kier molecular flexibility index (Phi) is 4.53. The summed E-state index contributed by atoms with van der Waals surface area (Å²) in [5, 5.41) is 12.6. The number of carbonyl (C=O) groups is 1. The van der Waals surface area contributed by atoms with Crippen molar-refractivity contribution < 1.29 is 9.90 Å². The van der Waals surface area contributed by atoms with Gasteiger partial charge in [-0.2, -0.15) is 0 Å². The van der Waals surface area contributed by atoms with Crippen LogP contribution in [0, 0.1) is 6.92 Å². The summed E-state index contributed by atoms with van der Waals surface area (Å²) in [4.78, 5) is 11.5. The van der Waals surface area contributed by atoms with Crippen LogP contribution in [0.5, 0.6) is 0 Å². The second-order valence-corrected chi connectivity index (χ2v) is 4.93. The maximum absolute atomic E-state index is 11.5. The summed E-state index contributed by atoms with van der Waals surface area (Å²) < 4.78 is 0. The van der Waals surface area contributed by atoms with Crippen molar-refractivity contribution in [3.05, 3.63) is 71.3 Å². The summed E-state index contributed by atoms with van der Waals surface area (Å²) in [5.74, 6) is -0.864. The fourth-order valence-electron chi connectivity index (χ4n) is 2.37. The lowest BCUT2D eigenvalue weighted by Crippen LogP contribution is -2.31. The van der Waals surface area contributed by atoms with Crippen molar-refractivity contribution in [2.24, 2.45) is 0 Å². The zero-order valence-electron chi connectivity index (χ0n) is 11.7. The molecule has 0 amide bonds. The van der Waals surface area contributed by atoms with Gasteiger partial charge in [0.05, 0.1) is 0 Å². The van der Waals surface area contributed by atoms with Crippen LogP contribution in [0.15, 0.2) is 54.6 Å². The Morgan fingerprint density at radius 1 is 1.05 bits per heavy atom. The van der Waals surface area contributed by atoms with E-state index in [0.29, 0.717) is 0 Å². The highest BCUT2D eigenvalue weighted by Gasteiger charge is 2.22. The van der Waals surface area contributed by atoms with Crippen LogP contribution in [0.3, 0.4) is 0 Å². The van der Waals surface area contributed by atoms with Gasteiger partial charge in [-0.15, -0.1) is 0 Å². The molecule has 0 saturated heterocycles. The predicted molar refractivity (Wildman–Crippen MR) is 79.5 cm³/mol. The Bertz CT molecular complexity index is 581. The maximum atomic E-state index is 11.5. The number of carboxylic acid groups (broad SMARTS) is 1. The van der Waals surface area contributed by atoms with E-state index in [-0.39, 0.29) is 6.04 Å². The molecule has 3 heteroatoms. The van der Waals surface area contributed by atoms with Gasteiger partial charge in [0, 0.05) is 6.04 Å². The van der Waals surface area contributed by atoms with Gasteiger partial charge in [-0.25, -0.2) is 0 Å². The van der Waals surface area contributed by atoms with Gasteiger partial charge in [0.2, 0.25) is 0 Å². The molecule has 0 radical (unpaired) electrons. The zero-order chi connectivity index (χ0) is 14.5. The van der Waals surface area contributed by atoms with Crippen LogP contribution < -0.4 is 5.32 Å². The second kappa shape index (κ2) is 6.35. The molecule has 0 aliphatic heterocycles. The van der Waals surface area contributed by atoms with Gasteiger partial charge in [-0.3, -0.25) is 10.1 Å². The maximum Gasteiger partial charge on any atom is 0.325 e. The SMILES string of the molecule is Cc1ccccc1[C@@H](C)NC(C(=O)O)c1ccccc1. The smallest absolute Gasteiger partial charge is 0.325 e. The first-order valence-corrected chi connectivity index (χ1v) is 6.69. The van der Waals surface area contributed by atoms with Crippen molar-refractivity contribution in [2.75, 3.05) is 0 Å². The fourth-order valence-corrected chi connectivity index (χ4v) is 2.37. The number of rotatable bonds is 5.